The molecule has 1 aliphatic rings. The van der Waals surface area contributed by atoms with Crippen molar-refractivity contribution in [2.24, 2.45) is 0 Å². The molecule has 0 aliphatic carbocycles. The fraction of sp³-hybridized carbons (Fsp3) is 0.333. The summed E-state index contributed by atoms with van der Waals surface area (Å²) in [4.78, 5) is 1.18. The fourth-order valence-electron chi connectivity index (χ4n) is 1.82. The van der Waals surface area contributed by atoms with E-state index < -0.39 is 10.0 Å². The molecule has 0 aromatic heterocycles. The van der Waals surface area contributed by atoms with Gasteiger partial charge in [0.15, 0.2) is 0 Å². The molecule has 0 spiro atoms. The lowest BCUT2D eigenvalue weighted by atomic mass is 10.1. The second-order valence-electron chi connectivity index (χ2n) is 4.00. The summed E-state index contributed by atoms with van der Waals surface area (Å²) in [6.07, 6.45) is 0. The van der Waals surface area contributed by atoms with E-state index in [1.165, 1.54) is 9.20 Å². The molecule has 1 aromatic carbocycles. The van der Waals surface area contributed by atoms with Gasteiger partial charge in [-0.15, -0.1) is 11.8 Å². The van der Waals surface area contributed by atoms with Crippen LogP contribution < -0.4 is 0 Å². The van der Waals surface area contributed by atoms with Crippen molar-refractivity contribution in [3.8, 4) is 0 Å². The quantitative estimate of drug-likeness (QED) is 0.827. The standard InChI is InChI=1S/C12H15NO2S2/c1-3-17(14,15)13-6-7-16-12-5-4-10(2)8-11(12)9-13/h3-5,8H,1,6-7,9H2,2H3. The van der Waals surface area contributed by atoms with Crippen molar-refractivity contribution in [2.45, 2.75) is 18.4 Å². The molecule has 1 heterocycles. The molecule has 5 heteroatoms. The second kappa shape index (κ2) is 4.84. The first kappa shape index (κ1) is 12.7. The summed E-state index contributed by atoms with van der Waals surface area (Å²) in [5, 5.41) is 1.03. The van der Waals surface area contributed by atoms with Crippen molar-refractivity contribution in [3.05, 3.63) is 41.3 Å². The molecule has 0 fully saturated rings. The molecule has 17 heavy (non-hydrogen) atoms. The van der Waals surface area contributed by atoms with Crippen molar-refractivity contribution in [1.82, 2.24) is 4.31 Å². The molecule has 0 amide bonds. The molecule has 0 saturated carbocycles. The Morgan fingerprint density at radius 1 is 1.47 bits per heavy atom. The average molecular weight is 269 g/mol. The van der Waals surface area contributed by atoms with E-state index in [4.69, 9.17) is 0 Å². The van der Waals surface area contributed by atoms with Gasteiger partial charge in [-0.25, -0.2) is 8.42 Å². The van der Waals surface area contributed by atoms with Gasteiger partial charge in [-0.3, -0.25) is 0 Å². The van der Waals surface area contributed by atoms with Gasteiger partial charge in [0.05, 0.1) is 0 Å². The van der Waals surface area contributed by atoms with E-state index in [1.54, 1.807) is 11.8 Å². The lowest BCUT2D eigenvalue weighted by Crippen LogP contribution is -2.29. The third-order valence-corrected chi connectivity index (χ3v) is 5.28. The molecule has 3 nitrogen and oxygen atoms in total. The molecule has 0 N–H and O–H groups in total. The molecule has 0 saturated heterocycles. The maximum absolute atomic E-state index is 11.8. The van der Waals surface area contributed by atoms with Gasteiger partial charge in [-0.1, -0.05) is 24.3 Å². The van der Waals surface area contributed by atoms with Crippen molar-refractivity contribution < 1.29 is 8.42 Å². The van der Waals surface area contributed by atoms with Crippen LogP contribution >= 0.6 is 11.8 Å². The Kier molecular flexibility index (Phi) is 3.61. The number of aryl methyl sites for hydroxylation is 1. The van der Waals surface area contributed by atoms with E-state index in [2.05, 4.69) is 24.8 Å². The van der Waals surface area contributed by atoms with Crippen LogP contribution in [-0.4, -0.2) is 25.0 Å². The molecule has 1 aromatic rings. The zero-order valence-electron chi connectivity index (χ0n) is 9.72. The summed E-state index contributed by atoms with van der Waals surface area (Å²) in [5.41, 5.74) is 2.24. The van der Waals surface area contributed by atoms with E-state index in [9.17, 15) is 8.42 Å². The maximum Gasteiger partial charge on any atom is 0.235 e. The van der Waals surface area contributed by atoms with E-state index in [0.29, 0.717) is 13.1 Å². The zero-order valence-corrected chi connectivity index (χ0v) is 11.4. The first-order valence-electron chi connectivity index (χ1n) is 5.38. The van der Waals surface area contributed by atoms with E-state index in [1.807, 2.05) is 6.92 Å². The normalized spacial score (nSPS) is 17.2. The van der Waals surface area contributed by atoms with Gasteiger partial charge in [0, 0.05) is 29.1 Å². The summed E-state index contributed by atoms with van der Waals surface area (Å²) in [5.74, 6) is 0.781. The highest BCUT2D eigenvalue weighted by atomic mass is 32.2. The Morgan fingerprint density at radius 2 is 2.24 bits per heavy atom. The number of benzene rings is 1. The number of sulfonamides is 1. The summed E-state index contributed by atoms with van der Waals surface area (Å²) in [6, 6.07) is 6.18. The van der Waals surface area contributed by atoms with Gasteiger partial charge in [-0.2, -0.15) is 4.31 Å². The molecular weight excluding hydrogens is 254 g/mol. The van der Waals surface area contributed by atoms with Crippen LogP contribution in [0.2, 0.25) is 0 Å². The van der Waals surface area contributed by atoms with Gasteiger partial charge in [0.25, 0.3) is 0 Å². The number of fused-ring (bicyclic) bond motifs is 1. The lowest BCUT2D eigenvalue weighted by molar-refractivity contribution is 0.433. The van der Waals surface area contributed by atoms with Crippen molar-refractivity contribution in [3.63, 3.8) is 0 Å². The molecule has 0 unspecified atom stereocenters. The number of rotatable bonds is 2. The summed E-state index contributed by atoms with van der Waals surface area (Å²) < 4.78 is 25.1. The number of hydrogen-bond acceptors (Lipinski definition) is 3. The highest BCUT2D eigenvalue weighted by Crippen LogP contribution is 2.29. The minimum Gasteiger partial charge on any atom is -0.208 e. The van der Waals surface area contributed by atoms with E-state index in [0.717, 1.165) is 22.3 Å². The summed E-state index contributed by atoms with van der Waals surface area (Å²) >= 11 is 1.71. The van der Waals surface area contributed by atoms with Gasteiger partial charge >= 0.3 is 0 Å². The number of hydrogen-bond donors (Lipinski definition) is 0. The second-order valence-corrected chi connectivity index (χ2v) is 7.02. The van der Waals surface area contributed by atoms with E-state index >= 15 is 0 Å². The SMILES string of the molecule is C=CS(=O)(=O)N1CCSc2ccc(C)cc2C1. The van der Waals surface area contributed by atoms with E-state index in [-0.39, 0.29) is 0 Å². The van der Waals surface area contributed by atoms with Crippen LogP contribution in [0.5, 0.6) is 0 Å². The average Bonchev–Trinajstić information content (AvgIpc) is 2.51. The highest BCUT2D eigenvalue weighted by Gasteiger charge is 2.22. The van der Waals surface area contributed by atoms with Crippen LogP contribution in [0.4, 0.5) is 0 Å². The Hall–Kier alpha value is -0.780. The molecule has 0 radical (unpaired) electrons. The third-order valence-electron chi connectivity index (χ3n) is 2.73. The number of nitrogens with zero attached hydrogens (tertiary/aromatic N) is 1. The predicted molar refractivity (Wildman–Crippen MR) is 71.4 cm³/mol. The lowest BCUT2D eigenvalue weighted by Gasteiger charge is -2.17. The largest absolute Gasteiger partial charge is 0.235 e. The van der Waals surface area contributed by atoms with Crippen molar-refractivity contribution >= 4 is 21.8 Å². The molecule has 1 aliphatic heterocycles. The van der Waals surface area contributed by atoms with Crippen LogP contribution in [0.25, 0.3) is 0 Å². The molecule has 92 valence electrons. The van der Waals surface area contributed by atoms with Crippen LogP contribution in [0.3, 0.4) is 0 Å². The molecular formula is C12H15NO2S2. The molecule has 0 bridgehead atoms. The summed E-state index contributed by atoms with van der Waals surface area (Å²) in [7, 11) is -3.32. The predicted octanol–water partition coefficient (Wildman–Crippen LogP) is 2.38. The third kappa shape index (κ3) is 2.73. The van der Waals surface area contributed by atoms with Gasteiger partial charge in [0.1, 0.15) is 0 Å². The topological polar surface area (TPSA) is 37.4 Å². The monoisotopic (exact) mass is 269 g/mol. The van der Waals surface area contributed by atoms with Gasteiger partial charge < -0.3 is 0 Å². The smallest absolute Gasteiger partial charge is 0.208 e. The minimum atomic E-state index is -3.32. The minimum absolute atomic E-state index is 0.443. The van der Waals surface area contributed by atoms with Crippen LogP contribution in [0.1, 0.15) is 11.1 Å². The van der Waals surface area contributed by atoms with Crippen molar-refractivity contribution in [2.75, 3.05) is 12.3 Å². The fourth-order valence-corrected chi connectivity index (χ4v) is 3.82. The van der Waals surface area contributed by atoms with Gasteiger partial charge in [0.2, 0.25) is 10.0 Å². The zero-order chi connectivity index (χ0) is 12.5. The molecule has 2 rings (SSSR count). The molecule has 0 atom stereocenters. The van der Waals surface area contributed by atoms with Crippen molar-refractivity contribution in [1.29, 1.82) is 0 Å². The van der Waals surface area contributed by atoms with Gasteiger partial charge in [-0.05, 0) is 18.6 Å². The first-order valence-corrected chi connectivity index (χ1v) is 7.87. The number of thioether (sulfide) groups is 1. The Bertz CT molecular complexity index is 537. The highest BCUT2D eigenvalue weighted by molar-refractivity contribution is 7.99. The Labute approximate surface area is 107 Å². The van der Waals surface area contributed by atoms with Crippen LogP contribution in [0, 0.1) is 6.92 Å². The Morgan fingerprint density at radius 3 is 2.94 bits per heavy atom. The summed E-state index contributed by atoms with van der Waals surface area (Å²) in [6.45, 7) is 6.37. The van der Waals surface area contributed by atoms with Crippen LogP contribution in [0.15, 0.2) is 35.1 Å². The van der Waals surface area contributed by atoms with Crippen LogP contribution in [-0.2, 0) is 16.6 Å². The Balaban J connectivity index is 2.37. The first-order chi connectivity index (χ1) is 8.03. The maximum atomic E-state index is 11.8.